The van der Waals surface area contributed by atoms with E-state index < -0.39 is 58.8 Å². The summed E-state index contributed by atoms with van der Waals surface area (Å²) >= 11 is 0. The lowest BCUT2D eigenvalue weighted by Crippen LogP contribution is -2.54. The Labute approximate surface area is 230 Å². The van der Waals surface area contributed by atoms with E-state index in [0.717, 1.165) is 6.08 Å². The van der Waals surface area contributed by atoms with Crippen LogP contribution in [0.25, 0.3) is 0 Å². The van der Waals surface area contributed by atoms with E-state index in [1.165, 1.54) is 72.8 Å². The van der Waals surface area contributed by atoms with Gasteiger partial charge in [0, 0.05) is 0 Å². The van der Waals surface area contributed by atoms with Crippen molar-refractivity contribution >= 4 is 47.3 Å². The number of urea groups is 1. The third kappa shape index (κ3) is 5.68. The Morgan fingerprint density at radius 2 is 1.34 bits per heavy atom. The van der Waals surface area contributed by atoms with Gasteiger partial charge in [0.05, 0.1) is 22.4 Å². The van der Waals surface area contributed by atoms with Gasteiger partial charge in [-0.05, 0) is 54.1 Å². The highest BCUT2D eigenvalue weighted by Gasteiger charge is 2.37. The molecule has 2 heterocycles. The quantitative estimate of drug-likeness (QED) is 0.145. The molecule has 0 aromatic heterocycles. The van der Waals surface area contributed by atoms with Crippen LogP contribution in [0.2, 0.25) is 0 Å². The van der Waals surface area contributed by atoms with Crippen molar-refractivity contribution in [2.24, 2.45) is 0 Å². The number of nitrogens with one attached hydrogen (secondary N) is 2. The van der Waals surface area contributed by atoms with Gasteiger partial charge < -0.3 is 15.3 Å². The minimum atomic E-state index is -1.27. The highest BCUT2D eigenvalue weighted by molar-refractivity contribution is 6.37. The molecule has 13 nitrogen and oxygen atoms in total. The number of aliphatic hydroxyl groups is 1. The van der Waals surface area contributed by atoms with Gasteiger partial charge in [-0.15, -0.1) is 0 Å². The lowest BCUT2D eigenvalue weighted by atomic mass is 9.89. The van der Waals surface area contributed by atoms with Crippen LogP contribution in [-0.2, 0) is 19.2 Å². The zero-order valence-corrected chi connectivity index (χ0v) is 20.7. The number of carbonyl (C=O) groups excluding carboxylic acids is 5. The van der Waals surface area contributed by atoms with Gasteiger partial charge in [-0.25, -0.2) is 19.3 Å². The third-order valence-corrected chi connectivity index (χ3v) is 6.01. The van der Waals surface area contributed by atoms with E-state index in [0.29, 0.717) is 4.90 Å². The number of barbiturate groups is 1. The number of carboxylic acids is 2. The molecule has 2 aliphatic rings. The molecule has 4 rings (SSSR count). The van der Waals surface area contributed by atoms with Gasteiger partial charge in [-0.3, -0.25) is 29.8 Å². The lowest BCUT2D eigenvalue weighted by Gasteiger charge is -2.26. The van der Waals surface area contributed by atoms with E-state index in [1.807, 2.05) is 5.32 Å². The molecule has 6 amide bonds. The molecule has 0 aliphatic carbocycles. The van der Waals surface area contributed by atoms with Crippen LogP contribution >= 0.6 is 0 Å². The topological polar surface area (TPSA) is 207 Å². The number of nitrogens with zero attached hydrogens (tertiary/aromatic N) is 1. The van der Waals surface area contributed by atoms with E-state index >= 15 is 0 Å². The molecule has 2 aliphatic heterocycles. The van der Waals surface area contributed by atoms with Gasteiger partial charge in [-0.2, -0.15) is 0 Å². The molecular formula is C28H19N3O10. The second-order valence-electron chi connectivity index (χ2n) is 8.55. The Morgan fingerprint density at radius 3 is 1.93 bits per heavy atom. The van der Waals surface area contributed by atoms with Crippen molar-refractivity contribution in [2.75, 3.05) is 4.90 Å². The van der Waals surface area contributed by atoms with Crippen molar-refractivity contribution in [3.8, 4) is 0 Å². The molecule has 206 valence electrons. The second kappa shape index (κ2) is 11.3. The summed E-state index contributed by atoms with van der Waals surface area (Å²) in [5.41, 5.74) is -0.474. The first-order chi connectivity index (χ1) is 19.5. The SMILES string of the molecule is O=C1NC(=O)C(c2ccc(C(=O)O)cc2)C(O)=C1/C=C/C=C/C=C1\C(=O)NC(=O)N(c2ccc(C(=O)O)cc2)C1=O. The summed E-state index contributed by atoms with van der Waals surface area (Å²) in [5, 5.41) is 32.9. The first-order valence-electron chi connectivity index (χ1n) is 11.7. The fraction of sp³-hybridized carbons (Fsp3) is 0.0357. The van der Waals surface area contributed by atoms with E-state index in [9.17, 15) is 38.7 Å². The summed E-state index contributed by atoms with van der Waals surface area (Å²) in [5.74, 6) is -7.80. The molecule has 1 atom stereocenters. The maximum Gasteiger partial charge on any atom is 0.335 e. The molecule has 0 spiro atoms. The van der Waals surface area contributed by atoms with Gasteiger partial charge in [0.25, 0.3) is 17.7 Å². The van der Waals surface area contributed by atoms with Crippen LogP contribution in [0.15, 0.2) is 95.8 Å². The maximum absolute atomic E-state index is 12.9. The zero-order chi connectivity index (χ0) is 29.8. The highest BCUT2D eigenvalue weighted by Crippen LogP contribution is 2.29. The fourth-order valence-electron chi connectivity index (χ4n) is 3.97. The summed E-state index contributed by atoms with van der Waals surface area (Å²) in [7, 11) is 0. The standard InChI is InChI=1S/C28H19N3O10/c32-21-18(22(33)29-24(35)20(21)14-6-8-15(9-7-14)26(37)38)4-2-1-3-5-19-23(34)30-28(41)31(25(19)36)17-12-10-16(11-13-17)27(39)40/h1-13,20,32H,(H,37,38)(H,39,40)(H,29,33,35)(H,30,34,41)/b3-1+,4-2+,19-5+. The Balaban J connectivity index is 1.54. The van der Waals surface area contributed by atoms with Crippen molar-refractivity contribution in [1.82, 2.24) is 10.6 Å². The van der Waals surface area contributed by atoms with Gasteiger partial charge >= 0.3 is 18.0 Å². The summed E-state index contributed by atoms with van der Waals surface area (Å²) in [6, 6.07) is 9.03. The third-order valence-electron chi connectivity index (χ3n) is 6.01. The Kier molecular flexibility index (Phi) is 7.71. The molecule has 5 N–H and O–H groups in total. The van der Waals surface area contributed by atoms with Gasteiger partial charge in [0.15, 0.2) is 0 Å². The molecule has 1 saturated heterocycles. The number of hydrogen-bond acceptors (Lipinski definition) is 8. The van der Waals surface area contributed by atoms with Crippen molar-refractivity contribution in [3.63, 3.8) is 0 Å². The summed E-state index contributed by atoms with van der Waals surface area (Å²) in [6.45, 7) is 0. The normalized spacial score (nSPS) is 18.8. The number of hydrogen-bond donors (Lipinski definition) is 5. The number of aromatic carboxylic acids is 2. The predicted molar refractivity (Wildman–Crippen MR) is 140 cm³/mol. The van der Waals surface area contributed by atoms with Crippen molar-refractivity contribution in [3.05, 3.63) is 113 Å². The first-order valence-corrected chi connectivity index (χ1v) is 11.7. The van der Waals surface area contributed by atoms with Crippen LogP contribution in [-0.4, -0.2) is 56.9 Å². The van der Waals surface area contributed by atoms with Gasteiger partial charge in [-0.1, -0.05) is 30.4 Å². The summed E-state index contributed by atoms with van der Waals surface area (Å²) in [4.78, 5) is 84.9. The molecule has 1 fully saturated rings. The van der Waals surface area contributed by atoms with Crippen LogP contribution in [0, 0.1) is 0 Å². The molecule has 41 heavy (non-hydrogen) atoms. The van der Waals surface area contributed by atoms with Crippen molar-refractivity contribution < 1.29 is 48.9 Å². The van der Waals surface area contributed by atoms with E-state index in [2.05, 4.69) is 5.32 Å². The second-order valence-corrected chi connectivity index (χ2v) is 8.55. The Bertz CT molecular complexity index is 1630. The molecule has 0 radical (unpaired) electrons. The lowest BCUT2D eigenvalue weighted by molar-refractivity contribution is -0.130. The zero-order valence-electron chi connectivity index (χ0n) is 20.7. The molecule has 0 bridgehead atoms. The van der Waals surface area contributed by atoms with Crippen LogP contribution in [0.4, 0.5) is 10.5 Å². The number of carbonyl (C=O) groups is 7. The highest BCUT2D eigenvalue weighted by atomic mass is 16.4. The predicted octanol–water partition coefficient (Wildman–Crippen LogP) is 1.96. The molecule has 2 aromatic rings. The average Bonchev–Trinajstić information content (AvgIpc) is 2.92. The van der Waals surface area contributed by atoms with E-state index in [4.69, 9.17) is 10.2 Å². The average molecular weight is 557 g/mol. The molecule has 2 aromatic carbocycles. The van der Waals surface area contributed by atoms with Crippen LogP contribution in [0.1, 0.15) is 32.2 Å². The van der Waals surface area contributed by atoms with E-state index in [1.54, 1.807) is 0 Å². The first kappa shape index (κ1) is 27.9. The summed E-state index contributed by atoms with van der Waals surface area (Å²) < 4.78 is 0. The summed E-state index contributed by atoms with van der Waals surface area (Å²) in [6.07, 6.45) is 6.17. The monoisotopic (exact) mass is 557 g/mol. The minimum absolute atomic E-state index is 0.0300. The molecule has 13 heteroatoms. The number of anilines is 1. The van der Waals surface area contributed by atoms with Crippen molar-refractivity contribution in [1.29, 1.82) is 0 Å². The van der Waals surface area contributed by atoms with E-state index in [-0.39, 0.29) is 28.0 Å². The van der Waals surface area contributed by atoms with Gasteiger partial charge in [0.2, 0.25) is 5.91 Å². The van der Waals surface area contributed by atoms with Crippen LogP contribution < -0.4 is 15.5 Å². The number of allylic oxidation sites excluding steroid dienone is 4. The molecular weight excluding hydrogens is 538 g/mol. The smallest absolute Gasteiger partial charge is 0.335 e. The largest absolute Gasteiger partial charge is 0.510 e. The number of amides is 6. The number of rotatable bonds is 7. The van der Waals surface area contributed by atoms with Crippen LogP contribution in [0.3, 0.4) is 0 Å². The number of benzene rings is 2. The molecule has 1 unspecified atom stereocenters. The van der Waals surface area contributed by atoms with Crippen LogP contribution in [0.5, 0.6) is 0 Å². The fourth-order valence-corrected chi connectivity index (χ4v) is 3.97. The number of carboxylic acid groups (broad SMARTS) is 2. The minimum Gasteiger partial charge on any atom is -0.510 e. The van der Waals surface area contributed by atoms with Gasteiger partial charge in [0.1, 0.15) is 17.3 Å². The Hall–Kier alpha value is -6.11. The molecule has 0 saturated carbocycles. The maximum atomic E-state index is 12.9. The van der Waals surface area contributed by atoms with Crippen molar-refractivity contribution in [2.45, 2.75) is 5.92 Å². The number of imide groups is 3. The Morgan fingerprint density at radius 1 is 0.756 bits per heavy atom. The number of aliphatic hydroxyl groups excluding tert-OH is 1.